The minimum Gasteiger partial charge on any atom is -0.384 e. The summed E-state index contributed by atoms with van der Waals surface area (Å²) in [4.78, 5) is 14.4. The first-order chi connectivity index (χ1) is 7.67. The molecule has 0 atom stereocenters. The fourth-order valence-corrected chi connectivity index (χ4v) is 1.85. The largest absolute Gasteiger partial charge is 0.384 e. The average molecular weight is 243 g/mol. The lowest BCUT2D eigenvalue weighted by Crippen LogP contribution is -1.98. The van der Waals surface area contributed by atoms with E-state index in [0.717, 1.165) is 0 Å². The summed E-state index contributed by atoms with van der Waals surface area (Å²) in [5, 5.41) is 14.1. The molecular formula is C9H13N3O3S. The zero-order chi connectivity index (χ0) is 12.0. The highest BCUT2D eigenvalue weighted by Gasteiger charge is 2.10. The van der Waals surface area contributed by atoms with Crippen LogP contribution in [0.1, 0.15) is 0 Å². The number of hydrogen-bond acceptors (Lipinski definition) is 6. The molecule has 0 aromatic carbocycles. The smallest absolute Gasteiger partial charge is 0.275 e. The van der Waals surface area contributed by atoms with Crippen LogP contribution in [0.2, 0.25) is 0 Å². The third-order valence-electron chi connectivity index (χ3n) is 1.79. The van der Waals surface area contributed by atoms with Crippen molar-refractivity contribution in [1.82, 2.24) is 4.98 Å². The highest BCUT2D eigenvalue weighted by molar-refractivity contribution is 7.99. The molecule has 0 aliphatic rings. The van der Waals surface area contributed by atoms with E-state index in [4.69, 9.17) is 4.74 Å². The highest BCUT2D eigenvalue weighted by Crippen LogP contribution is 2.24. The molecule has 0 saturated carbocycles. The number of nitro groups is 1. The second-order valence-corrected chi connectivity index (χ2v) is 4.01. The first-order valence-corrected chi connectivity index (χ1v) is 5.62. The van der Waals surface area contributed by atoms with E-state index < -0.39 is 4.92 Å². The third-order valence-corrected chi connectivity index (χ3v) is 2.67. The number of rotatable bonds is 6. The van der Waals surface area contributed by atoms with Gasteiger partial charge in [-0.05, 0) is 0 Å². The zero-order valence-corrected chi connectivity index (χ0v) is 9.91. The molecule has 0 bridgehead atoms. The van der Waals surface area contributed by atoms with E-state index in [1.54, 1.807) is 14.2 Å². The fraction of sp³-hybridized carbons (Fsp3) is 0.444. The number of nitrogens with one attached hydrogen (secondary N) is 1. The van der Waals surface area contributed by atoms with Gasteiger partial charge in [-0.3, -0.25) is 10.1 Å². The van der Waals surface area contributed by atoms with Gasteiger partial charge < -0.3 is 10.1 Å². The van der Waals surface area contributed by atoms with Gasteiger partial charge in [0.05, 0.1) is 17.6 Å². The molecule has 88 valence electrons. The summed E-state index contributed by atoms with van der Waals surface area (Å²) in [6, 6.07) is 2.86. The monoisotopic (exact) mass is 243 g/mol. The maximum atomic E-state index is 10.7. The summed E-state index contributed by atoms with van der Waals surface area (Å²) >= 11 is 1.43. The number of pyridine rings is 1. The number of nitrogens with zero attached hydrogens (tertiary/aromatic N) is 2. The summed E-state index contributed by atoms with van der Waals surface area (Å²) in [6.07, 6.45) is 0. The number of methoxy groups -OCH3 is 1. The maximum absolute atomic E-state index is 10.7. The summed E-state index contributed by atoms with van der Waals surface area (Å²) in [5.41, 5.74) is 0.0410. The lowest BCUT2D eigenvalue weighted by atomic mass is 10.4. The molecule has 0 aliphatic heterocycles. The van der Waals surface area contributed by atoms with Crippen molar-refractivity contribution >= 4 is 23.3 Å². The fourth-order valence-electron chi connectivity index (χ4n) is 1.03. The van der Waals surface area contributed by atoms with Gasteiger partial charge in [0.2, 0.25) is 0 Å². The zero-order valence-electron chi connectivity index (χ0n) is 9.10. The van der Waals surface area contributed by atoms with E-state index in [1.807, 2.05) is 0 Å². The van der Waals surface area contributed by atoms with Gasteiger partial charge in [-0.1, -0.05) is 0 Å². The van der Waals surface area contributed by atoms with Crippen LogP contribution in [0.3, 0.4) is 0 Å². The number of hydrogen-bond donors (Lipinski definition) is 1. The lowest BCUT2D eigenvalue weighted by Gasteiger charge is -2.03. The van der Waals surface area contributed by atoms with Crippen LogP contribution in [-0.2, 0) is 4.74 Å². The third kappa shape index (κ3) is 3.67. The summed E-state index contributed by atoms with van der Waals surface area (Å²) in [7, 11) is 3.29. The van der Waals surface area contributed by atoms with Gasteiger partial charge in [0.15, 0.2) is 0 Å². The number of thioether (sulfide) groups is 1. The van der Waals surface area contributed by atoms with Crippen LogP contribution in [0, 0.1) is 10.1 Å². The molecule has 0 unspecified atom stereocenters. The Kier molecular flexibility index (Phi) is 5.00. The highest BCUT2D eigenvalue weighted by atomic mass is 32.2. The maximum Gasteiger partial charge on any atom is 0.275 e. The summed E-state index contributed by atoms with van der Waals surface area (Å²) in [6.45, 7) is 0.587. The predicted molar refractivity (Wildman–Crippen MR) is 63.0 cm³/mol. The molecule has 1 aromatic heterocycles. The molecule has 6 nitrogen and oxygen atoms in total. The van der Waals surface area contributed by atoms with Crippen molar-refractivity contribution in [2.75, 3.05) is 31.8 Å². The van der Waals surface area contributed by atoms with E-state index in [2.05, 4.69) is 10.3 Å². The van der Waals surface area contributed by atoms with Gasteiger partial charge in [0, 0.05) is 26.0 Å². The minimum atomic E-state index is -0.428. The van der Waals surface area contributed by atoms with Crippen LogP contribution >= 0.6 is 11.8 Å². The molecule has 0 saturated heterocycles. The Bertz CT molecular complexity index is 373. The first-order valence-electron chi connectivity index (χ1n) is 4.63. The van der Waals surface area contributed by atoms with Crippen molar-refractivity contribution in [3.05, 3.63) is 22.2 Å². The second-order valence-electron chi connectivity index (χ2n) is 2.90. The first kappa shape index (κ1) is 12.7. The topological polar surface area (TPSA) is 77.3 Å². The SMILES string of the molecule is CNc1cc([N+](=O)[O-])cc(SCCOC)n1. The molecule has 0 fully saturated rings. The number of anilines is 1. The van der Waals surface area contributed by atoms with E-state index >= 15 is 0 Å². The quantitative estimate of drug-likeness (QED) is 0.355. The van der Waals surface area contributed by atoms with Crippen LogP contribution in [-0.4, -0.2) is 36.4 Å². The van der Waals surface area contributed by atoms with Crippen molar-refractivity contribution in [3.8, 4) is 0 Å². The van der Waals surface area contributed by atoms with Gasteiger partial charge in [0.1, 0.15) is 10.8 Å². The molecule has 1 heterocycles. The van der Waals surface area contributed by atoms with Gasteiger partial charge in [-0.2, -0.15) is 0 Å². The Morgan fingerprint density at radius 3 is 2.94 bits per heavy atom. The van der Waals surface area contributed by atoms with Gasteiger partial charge in [-0.15, -0.1) is 11.8 Å². The van der Waals surface area contributed by atoms with Crippen molar-refractivity contribution < 1.29 is 9.66 Å². The van der Waals surface area contributed by atoms with Crippen molar-refractivity contribution in [2.24, 2.45) is 0 Å². The summed E-state index contributed by atoms with van der Waals surface area (Å²) in [5.74, 6) is 1.21. The van der Waals surface area contributed by atoms with Crippen LogP contribution in [0.5, 0.6) is 0 Å². The average Bonchev–Trinajstić information content (AvgIpc) is 2.29. The number of aromatic nitrogens is 1. The Morgan fingerprint density at radius 2 is 2.38 bits per heavy atom. The molecule has 1 N–H and O–H groups in total. The Labute approximate surface area is 97.6 Å². The molecule has 7 heteroatoms. The molecule has 16 heavy (non-hydrogen) atoms. The minimum absolute atomic E-state index is 0.0410. The predicted octanol–water partition coefficient (Wildman–Crippen LogP) is 1.77. The molecule has 1 rings (SSSR count). The Balaban J connectivity index is 2.82. The normalized spacial score (nSPS) is 10.1. The van der Waals surface area contributed by atoms with Crippen LogP contribution in [0.4, 0.5) is 11.5 Å². The number of ether oxygens (including phenoxy) is 1. The van der Waals surface area contributed by atoms with E-state index in [9.17, 15) is 10.1 Å². The standard InChI is InChI=1S/C9H13N3O3S/c1-10-8-5-7(12(13)14)6-9(11-8)16-4-3-15-2/h5-6H,3-4H2,1-2H3,(H,10,11). The molecule has 1 aromatic rings. The van der Waals surface area contributed by atoms with Crippen LogP contribution in [0.25, 0.3) is 0 Å². The van der Waals surface area contributed by atoms with E-state index in [-0.39, 0.29) is 5.69 Å². The molecule has 0 radical (unpaired) electrons. The van der Waals surface area contributed by atoms with Crippen LogP contribution in [0.15, 0.2) is 17.2 Å². The Morgan fingerprint density at radius 1 is 1.62 bits per heavy atom. The van der Waals surface area contributed by atoms with Gasteiger partial charge in [-0.25, -0.2) is 4.98 Å². The summed E-state index contributed by atoms with van der Waals surface area (Å²) < 4.78 is 4.90. The van der Waals surface area contributed by atoms with E-state index in [0.29, 0.717) is 23.2 Å². The van der Waals surface area contributed by atoms with Crippen molar-refractivity contribution in [1.29, 1.82) is 0 Å². The molecular weight excluding hydrogens is 230 g/mol. The van der Waals surface area contributed by atoms with Crippen molar-refractivity contribution in [3.63, 3.8) is 0 Å². The molecule has 0 aliphatic carbocycles. The van der Waals surface area contributed by atoms with Gasteiger partial charge in [0.25, 0.3) is 5.69 Å². The van der Waals surface area contributed by atoms with Crippen LogP contribution < -0.4 is 5.32 Å². The lowest BCUT2D eigenvalue weighted by molar-refractivity contribution is -0.385. The molecule has 0 spiro atoms. The Hall–Kier alpha value is -1.34. The second kappa shape index (κ2) is 6.29. The van der Waals surface area contributed by atoms with Gasteiger partial charge >= 0.3 is 0 Å². The van der Waals surface area contributed by atoms with Crippen molar-refractivity contribution in [2.45, 2.75) is 5.03 Å². The van der Waals surface area contributed by atoms with E-state index in [1.165, 1.54) is 23.9 Å². The molecule has 0 amide bonds.